The summed E-state index contributed by atoms with van der Waals surface area (Å²) < 4.78 is 5.54. The smallest absolute Gasteiger partial charge is 0.224 e. The quantitative estimate of drug-likeness (QED) is 0.757. The lowest BCUT2D eigenvalue weighted by Crippen LogP contribution is -2.32. The van der Waals surface area contributed by atoms with E-state index in [9.17, 15) is 4.79 Å². The Bertz CT molecular complexity index is 989. The monoisotopic (exact) mass is 346 g/mol. The third-order valence-electron chi connectivity index (χ3n) is 5.57. The first-order valence-corrected chi connectivity index (χ1v) is 9.41. The fraction of sp³-hybridized carbons (Fsp3) is 0.318. The first-order valence-electron chi connectivity index (χ1n) is 9.41. The van der Waals surface area contributed by atoms with Crippen LogP contribution in [0.5, 0.6) is 5.75 Å². The van der Waals surface area contributed by atoms with Crippen molar-refractivity contribution >= 4 is 16.8 Å². The summed E-state index contributed by atoms with van der Waals surface area (Å²) in [5.74, 6) is 1.05. The fourth-order valence-electron chi connectivity index (χ4n) is 4.34. The minimum atomic E-state index is 0.0800. The molecule has 5 rings (SSSR count). The molecule has 4 heteroatoms. The van der Waals surface area contributed by atoms with Gasteiger partial charge < -0.3 is 15.0 Å². The number of H-pyrrole nitrogens is 1. The number of carbonyl (C=O) groups excluding carboxylic acids is 1. The second-order valence-corrected chi connectivity index (χ2v) is 7.29. The Morgan fingerprint density at radius 1 is 1.19 bits per heavy atom. The maximum atomic E-state index is 12.6. The highest BCUT2D eigenvalue weighted by atomic mass is 16.5. The molecule has 0 spiro atoms. The molecule has 26 heavy (non-hydrogen) atoms. The zero-order chi connectivity index (χ0) is 17.5. The van der Waals surface area contributed by atoms with Crippen molar-refractivity contribution in [1.82, 2.24) is 10.3 Å². The lowest BCUT2D eigenvalue weighted by atomic mass is 9.91. The molecule has 1 amide bonds. The molecular formula is C22H22N2O2. The summed E-state index contributed by atoms with van der Waals surface area (Å²) in [6, 6.07) is 14.6. The number of para-hydroxylation sites is 1. The molecule has 3 aromatic rings. The Kier molecular flexibility index (Phi) is 3.70. The standard InChI is InChI=1S/C22H22N2O2/c25-21(13-14-8-9-20-15(12-14)10-11-26-20)23-19-7-3-5-17-16-4-1-2-6-18(16)24-22(17)19/h1-2,4,6,8-9,12,19,24H,3,5,7,10-11,13H2,(H,23,25)/t19-/m0/s1. The number of hydrogen-bond donors (Lipinski definition) is 2. The molecule has 0 radical (unpaired) electrons. The minimum absolute atomic E-state index is 0.0800. The summed E-state index contributed by atoms with van der Waals surface area (Å²) in [5, 5.41) is 4.54. The normalized spacial score (nSPS) is 18.2. The predicted octanol–water partition coefficient (Wildman–Crippen LogP) is 3.84. The maximum absolute atomic E-state index is 12.6. The van der Waals surface area contributed by atoms with E-state index in [-0.39, 0.29) is 11.9 Å². The molecule has 2 heterocycles. The number of amides is 1. The summed E-state index contributed by atoms with van der Waals surface area (Å²) in [5.41, 5.74) is 5.99. The van der Waals surface area contributed by atoms with E-state index in [1.807, 2.05) is 12.1 Å². The average molecular weight is 346 g/mol. The molecule has 4 nitrogen and oxygen atoms in total. The van der Waals surface area contributed by atoms with Gasteiger partial charge in [-0.3, -0.25) is 4.79 Å². The van der Waals surface area contributed by atoms with Crippen LogP contribution >= 0.6 is 0 Å². The van der Waals surface area contributed by atoms with E-state index in [1.165, 1.54) is 22.2 Å². The summed E-state index contributed by atoms with van der Waals surface area (Å²) in [4.78, 5) is 16.2. The van der Waals surface area contributed by atoms with Crippen molar-refractivity contribution in [3.63, 3.8) is 0 Å². The summed E-state index contributed by atoms with van der Waals surface area (Å²) in [7, 11) is 0. The molecule has 2 aromatic carbocycles. The van der Waals surface area contributed by atoms with Gasteiger partial charge in [-0.25, -0.2) is 0 Å². The molecule has 2 N–H and O–H groups in total. The van der Waals surface area contributed by atoms with E-state index in [1.54, 1.807) is 0 Å². The van der Waals surface area contributed by atoms with E-state index < -0.39 is 0 Å². The number of aromatic amines is 1. The zero-order valence-electron chi connectivity index (χ0n) is 14.7. The van der Waals surface area contributed by atoms with Crippen molar-refractivity contribution in [2.24, 2.45) is 0 Å². The van der Waals surface area contributed by atoms with Gasteiger partial charge in [0.1, 0.15) is 5.75 Å². The maximum Gasteiger partial charge on any atom is 0.224 e. The Morgan fingerprint density at radius 3 is 3.08 bits per heavy atom. The van der Waals surface area contributed by atoms with Gasteiger partial charge in [-0.2, -0.15) is 0 Å². The molecule has 1 aliphatic heterocycles. The van der Waals surface area contributed by atoms with E-state index in [0.29, 0.717) is 6.42 Å². The predicted molar refractivity (Wildman–Crippen MR) is 101 cm³/mol. The number of hydrogen-bond acceptors (Lipinski definition) is 2. The lowest BCUT2D eigenvalue weighted by molar-refractivity contribution is -0.121. The Morgan fingerprint density at radius 2 is 2.12 bits per heavy atom. The minimum Gasteiger partial charge on any atom is -0.493 e. The highest BCUT2D eigenvalue weighted by molar-refractivity contribution is 5.86. The van der Waals surface area contributed by atoms with E-state index in [4.69, 9.17) is 4.74 Å². The average Bonchev–Trinajstić information content (AvgIpc) is 3.26. The number of rotatable bonds is 3. The van der Waals surface area contributed by atoms with Crippen LogP contribution < -0.4 is 10.1 Å². The largest absolute Gasteiger partial charge is 0.493 e. The molecule has 0 saturated heterocycles. The van der Waals surface area contributed by atoms with Gasteiger partial charge in [-0.1, -0.05) is 30.3 Å². The van der Waals surface area contributed by atoms with Crippen LogP contribution in [-0.2, 0) is 24.1 Å². The summed E-state index contributed by atoms with van der Waals surface area (Å²) >= 11 is 0. The summed E-state index contributed by atoms with van der Waals surface area (Å²) in [6.45, 7) is 0.746. The van der Waals surface area contributed by atoms with Crippen molar-refractivity contribution < 1.29 is 9.53 Å². The van der Waals surface area contributed by atoms with Gasteiger partial charge in [-0.05, 0) is 48.1 Å². The van der Waals surface area contributed by atoms with Crippen LogP contribution in [0.15, 0.2) is 42.5 Å². The zero-order valence-corrected chi connectivity index (χ0v) is 14.7. The van der Waals surface area contributed by atoms with Crippen molar-refractivity contribution in [2.75, 3.05) is 6.61 Å². The first kappa shape index (κ1) is 15.5. The van der Waals surface area contributed by atoms with Gasteiger partial charge in [0.15, 0.2) is 0 Å². The van der Waals surface area contributed by atoms with Crippen molar-refractivity contribution in [3.05, 3.63) is 64.8 Å². The van der Waals surface area contributed by atoms with Crippen LogP contribution in [0.2, 0.25) is 0 Å². The summed E-state index contributed by atoms with van der Waals surface area (Å²) in [6.07, 6.45) is 4.53. The third kappa shape index (κ3) is 2.66. The second-order valence-electron chi connectivity index (χ2n) is 7.29. The molecule has 0 saturated carbocycles. The van der Waals surface area contributed by atoms with Crippen LogP contribution in [0.3, 0.4) is 0 Å². The Balaban J connectivity index is 1.35. The van der Waals surface area contributed by atoms with Crippen LogP contribution in [-0.4, -0.2) is 17.5 Å². The molecule has 1 aliphatic carbocycles. The van der Waals surface area contributed by atoms with Gasteiger partial charge in [0.05, 0.1) is 19.1 Å². The van der Waals surface area contributed by atoms with Gasteiger partial charge in [-0.15, -0.1) is 0 Å². The number of aromatic nitrogens is 1. The molecular weight excluding hydrogens is 324 g/mol. The first-order chi connectivity index (χ1) is 12.8. The molecule has 0 fully saturated rings. The highest BCUT2D eigenvalue weighted by Crippen LogP contribution is 2.34. The van der Waals surface area contributed by atoms with Crippen molar-refractivity contribution in [1.29, 1.82) is 0 Å². The Labute approximate surface area is 152 Å². The van der Waals surface area contributed by atoms with Crippen molar-refractivity contribution in [3.8, 4) is 5.75 Å². The van der Waals surface area contributed by atoms with Gasteiger partial charge in [0, 0.05) is 23.0 Å². The van der Waals surface area contributed by atoms with Gasteiger partial charge >= 0.3 is 0 Å². The van der Waals surface area contributed by atoms with Crippen molar-refractivity contribution in [2.45, 2.75) is 38.1 Å². The van der Waals surface area contributed by atoms with Gasteiger partial charge in [0.2, 0.25) is 5.91 Å². The molecule has 0 bridgehead atoms. The molecule has 132 valence electrons. The third-order valence-corrected chi connectivity index (χ3v) is 5.57. The number of benzene rings is 2. The van der Waals surface area contributed by atoms with Crippen LogP contribution in [0, 0.1) is 0 Å². The molecule has 1 atom stereocenters. The fourth-order valence-corrected chi connectivity index (χ4v) is 4.34. The van der Waals surface area contributed by atoms with Crippen LogP contribution in [0.4, 0.5) is 0 Å². The van der Waals surface area contributed by atoms with E-state index in [2.05, 4.69) is 40.6 Å². The van der Waals surface area contributed by atoms with Crippen LogP contribution in [0.1, 0.15) is 41.3 Å². The van der Waals surface area contributed by atoms with E-state index in [0.717, 1.165) is 49.1 Å². The SMILES string of the molecule is O=C(Cc1ccc2c(c1)CCO2)N[C@H]1CCCc2c1[nH]c1ccccc21. The Hall–Kier alpha value is -2.75. The van der Waals surface area contributed by atoms with Crippen LogP contribution in [0.25, 0.3) is 10.9 Å². The number of aryl methyl sites for hydroxylation is 1. The topological polar surface area (TPSA) is 54.1 Å². The van der Waals surface area contributed by atoms with Gasteiger partial charge in [0.25, 0.3) is 0 Å². The molecule has 2 aliphatic rings. The highest BCUT2D eigenvalue weighted by Gasteiger charge is 2.25. The van der Waals surface area contributed by atoms with E-state index >= 15 is 0 Å². The number of carbonyl (C=O) groups is 1. The number of nitrogens with one attached hydrogen (secondary N) is 2. The molecule has 1 aromatic heterocycles. The molecule has 0 unspecified atom stereocenters. The lowest BCUT2D eigenvalue weighted by Gasteiger charge is -2.24. The number of fused-ring (bicyclic) bond motifs is 4. The number of ether oxygens (including phenoxy) is 1. The second kappa shape index (κ2) is 6.20.